The lowest BCUT2D eigenvalue weighted by Gasteiger charge is -2.07. The van der Waals surface area contributed by atoms with E-state index < -0.39 is 0 Å². The monoisotopic (exact) mass is 344 g/mol. The lowest BCUT2D eigenvalue weighted by Crippen LogP contribution is -1.99. The Kier molecular flexibility index (Phi) is 4.79. The second-order valence-electron chi connectivity index (χ2n) is 5.25. The molecule has 104 valence electrons. The molecule has 0 aliphatic rings. The number of aryl methyl sites for hydroxylation is 1. The van der Waals surface area contributed by atoms with Crippen molar-refractivity contribution in [2.24, 2.45) is 5.92 Å². The number of aromatic nitrogens is 2. The molecule has 0 radical (unpaired) electrons. The zero-order chi connectivity index (χ0) is 14.0. The summed E-state index contributed by atoms with van der Waals surface area (Å²) < 4.78 is 16.7. The molecule has 1 N–H and O–H groups in total. The zero-order valence-corrected chi connectivity index (χ0v) is 13.6. The van der Waals surface area contributed by atoms with Crippen molar-refractivity contribution in [1.29, 1.82) is 0 Å². The first-order valence-electron chi connectivity index (χ1n) is 6.56. The summed E-state index contributed by atoms with van der Waals surface area (Å²) in [5.74, 6) is 0.467. The summed E-state index contributed by atoms with van der Waals surface area (Å²) in [7, 11) is 0. The van der Waals surface area contributed by atoms with Gasteiger partial charge in [0, 0.05) is 12.6 Å². The molecule has 0 saturated carbocycles. The van der Waals surface area contributed by atoms with Crippen molar-refractivity contribution in [3.05, 3.63) is 27.2 Å². The minimum atomic E-state index is -0.268. The molecule has 0 fully saturated rings. The smallest absolute Gasteiger partial charge is 0.178 e. The predicted molar refractivity (Wildman–Crippen MR) is 83.5 cm³/mol. The largest absolute Gasteiger partial charge is 0.330 e. The van der Waals surface area contributed by atoms with Gasteiger partial charge < -0.3 is 9.55 Å². The average molecular weight is 345 g/mol. The van der Waals surface area contributed by atoms with Gasteiger partial charge in [-0.2, -0.15) is 0 Å². The number of nitrogens with zero attached hydrogens (tertiary/aromatic N) is 1. The molecule has 1 heterocycles. The molecule has 1 aromatic carbocycles. The summed E-state index contributed by atoms with van der Waals surface area (Å²) >= 11 is 8.53. The number of imidazole rings is 1. The van der Waals surface area contributed by atoms with Crippen molar-refractivity contribution < 1.29 is 4.39 Å². The number of halogens is 2. The molecule has 2 aromatic rings. The molecule has 0 unspecified atom stereocenters. The maximum Gasteiger partial charge on any atom is 0.178 e. The van der Waals surface area contributed by atoms with Crippen LogP contribution in [0.5, 0.6) is 0 Å². The number of fused-ring (bicyclic) bond motifs is 1. The van der Waals surface area contributed by atoms with Gasteiger partial charge in [0.25, 0.3) is 0 Å². The van der Waals surface area contributed by atoms with Gasteiger partial charge in [-0.15, -0.1) is 0 Å². The number of unbranched alkanes of at least 4 members (excludes halogenated alkanes) is 1. The number of rotatable bonds is 5. The Morgan fingerprint density at radius 1 is 1.37 bits per heavy atom. The second-order valence-corrected chi connectivity index (χ2v) is 6.50. The van der Waals surface area contributed by atoms with Crippen molar-refractivity contribution in [3.8, 4) is 0 Å². The third-order valence-corrected chi connectivity index (χ3v) is 4.16. The van der Waals surface area contributed by atoms with Crippen LogP contribution >= 0.6 is 28.1 Å². The van der Waals surface area contributed by atoms with E-state index in [0.29, 0.717) is 9.24 Å². The van der Waals surface area contributed by atoms with E-state index in [-0.39, 0.29) is 5.82 Å². The SMILES string of the molecule is CC(C)CCCCn1c(=S)[nH]c2cc(F)c(Br)cc21. The number of nitrogens with one attached hydrogen (secondary N) is 1. The van der Waals surface area contributed by atoms with E-state index in [1.165, 1.54) is 18.9 Å². The highest BCUT2D eigenvalue weighted by molar-refractivity contribution is 9.10. The number of hydrogen-bond acceptors (Lipinski definition) is 1. The molecule has 19 heavy (non-hydrogen) atoms. The molecular formula is C14H18BrFN2S. The van der Waals surface area contributed by atoms with Crippen LogP contribution < -0.4 is 0 Å². The summed E-state index contributed by atoms with van der Waals surface area (Å²) in [6, 6.07) is 3.28. The van der Waals surface area contributed by atoms with E-state index in [4.69, 9.17) is 12.2 Å². The lowest BCUT2D eigenvalue weighted by atomic mass is 10.1. The number of hydrogen-bond donors (Lipinski definition) is 1. The Balaban J connectivity index is 2.20. The highest BCUT2D eigenvalue weighted by Gasteiger charge is 2.08. The molecule has 0 bridgehead atoms. The van der Waals surface area contributed by atoms with Gasteiger partial charge in [-0.1, -0.05) is 26.7 Å². The molecule has 2 nitrogen and oxygen atoms in total. The van der Waals surface area contributed by atoms with E-state index in [0.717, 1.165) is 29.9 Å². The van der Waals surface area contributed by atoms with Crippen LogP contribution in [0.2, 0.25) is 0 Å². The highest BCUT2D eigenvalue weighted by atomic mass is 79.9. The van der Waals surface area contributed by atoms with E-state index in [2.05, 4.69) is 39.3 Å². The molecule has 0 spiro atoms. The van der Waals surface area contributed by atoms with Crippen molar-refractivity contribution in [2.45, 2.75) is 39.7 Å². The van der Waals surface area contributed by atoms with Crippen LogP contribution in [0.1, 0.15) is 33.1 Å². The van der Waals surface area contributed by atoms with Gasteiger partial charge in [0.05, 0.1) is 15.5 Å². The van der Waals surface area contributed by atoms with Gasteiger partial charge in [-0.25, -0.2) is 4.39 Å². The summed E-state index contributed by atoms with van der Waals surface area (Å²) in [4.78, 5) is 3.06. The van der Waals surface area contributed by atoms with Crippen LogP contribution in [0, 0.1) is 16.5 Å². The fourth-order valence-electron chi connectivity index (χ4n) is 2.20. The molecule has 0 aliphatic carbocycles. The maximum atomic E-state index is 13.5. The first kappa shape index (κ1) is 14.7. The van der Waals surface area contributed by atoms with Gasteiger partial charge in [0.1, 0.15) is 5.82 Å². The standard InChI is InChI=1S/C14H18BrFN2S/c1-9(2)5-3-4-6-18-13-7-10(15)11(16)8-12(13)17-14(18)19/h7-9H,3-6H2,1-2H3,(H,17,19). The van der Waals surface area contributed by atoms with Gasteiger partial charge in [-0.05, 0) is 46.6 Å². The minimum absolute atomic E-state index is 0.268. The van der Waals surface area contributed by atoms with Crippen LogP contribution in [-0.4, -0.2) is 9.55 Å². The topological polar surface area (TPSA) is 20.7 Å². The van der Waals surface area contributed by atoms with Crippen LogP contribution in [0.3, 0.4) is 0 Å². The zero-order valence-electron chi connectivity index (χ0n) is 11.2. The minimum Gasteiger partial charge on any atom is -0.330 e. The Morgan fingerprint density at radius 3 is 2.79 bits per heavy atom. The average Bonchev–Trinajstić information content (AvgIpc) is 2.61. The van der Waals surface area contributed by atoms with Crippen LogP contribution in [0.15, 0.2) is 16.6 Å². The van der Waals surface area contributed by atoms with Crippen molar-refractivity contribution in [2.75, 3.05) is 0 Å². The normalized spacial score (nSPS) is 11.6. The summed E-state index contributed by atoms with van der Waals surface area (Å²) in [5.41, 5.74) is 1.72. The Morgan fingerprint density at radius 2 is 2.11 bits per heavy atom. The van der Waals surface area contributed by atoms with Gasteiger partial charge in [0.2, 0.25) is 0 Å². The van der Waals surface area contributed by atoms with Gasteiger partial charge in [-0.3, -0.25) is 0 Å². The summed E-state index contributed by atoms with van der Waals surface area (Å²) in [6.45, 7) is 5.35. The first-order chi connectivity index (χ1) is 8.99. The number of benzene rings is 1. The predicted octanol–water partition coefficient (Wildman–Crippen LogP) is 5.43. The van der Waals surface area contributed by atoms with Gasteiger partial charge >= 0.3 is 0 Å². The van der Waals surface area contributed by atoms with Crippen LogP contribution in [0.4, 0.5) is 4.39 Å². The third-order valence-electron chi connectivity index (χ3n) is 3.23. The van der Waals surface area contributed by atoms with E-state index >= 15 is 0 Å². The van der Waals surface area contributed by atoms with E-state index in [1.54, 1.807) is 6.07 Å². The lowest BCUT2D eigenvalue weighted by molar-refractivity contribution is 0.511. The van der Waals surface area contributed by atoms with Crippen molar-refractivity contribution in [1.82, 2.24) is 9.55 Å². The van der Waals surface area contributed by atoms with E-state index in [9.17, 15) is 4.39 Å². The highest BCUT2D eigenvalue weighted by Crippen LogP contribution is 2.23. The quantitative estimate of drug-likeness (QED) is 0.566. The maximum absolute atomic E-state index is 13.5. The Hall–Kier alpha value is -0.680. The Labute approximate surface area is 126 Å². The molecule has 0 atom stereocenters. The third kappa shape index (κ3) is 3.45. The van der Waals surface area contributed by atoms with Gasteiger partial charge in [0.15, 0.2) is 4.77 Å². The molecular weight excluding hydrogens is 327 g/mol. The number of aromatic amines is 1. The fraction of sp³-hybridized carbons (Fsp3) is 0.500. The number of H-pyrrole nitrogens is 1. The summed E-state index contributed by atoms with van der Waals surface area (Å²) in [6.07, 6.45) is 3.51. The Bertz CT molecular complexity index is 630. The molecule has 0 amide bonds. The van der Waals surface area contributed by atoms with Crippen LogP contribution in [0.25, 0.3) is 11.0 Å². The molecule has 0 aliphatic heterocycles. The van der Waals surface area contributed by atoms with Crippen molar-refractivity contribution in [3.63, 3.8) is 0 Å². The van der Waals surface area contributed by atoms with Crippen molar-refractivity contribution >= 4 is 39.2 Å². The molecule has 2 rings (SSSR count). The first-order valence-corrected chi connectivity index (χ1v) is 7.76. The fourth-order valence-corrected chi connectivity index (χ4v) is 2.83. The molecule has 5 heteroatoms. The molecule has 1 aromatic heterocycles. The summed E-state index contributed by atoms with van der Waals surface area (Å²) in [5, 5.41) is 0. The van der Waals surface area contributed by atoms with E-state index in [1.807, 2.05) is 0 Å². The molecule has 0 saturated heterocycles. The van der Waals surface area contributed by atoms with Crippen LogP contribution in [-0.2, 0) is 6.54 Å². The second kappa shape index (κ2) is 6.18.